The van der Waals surface area contributed by atoms with Crippen LogP contribution in [0.4, 0.5) is 0 Å². The van der Waals surface area contributed by atoms with Crippen molar-refractivity contribution in [1.82, 2.24) is 13.7 Å². The zero-order valence-electron chi connectivity index (χ0n) is 20.3. The molecule has 6 rings (SSSR count). The lowest BCUT2D eigenvalue weighted by Gasteiger charge is -2.28. The molecule has 1 unspecified atom stereocenters. The van der Waals surface area contributed by atoms with Gasteiger partial charge in [-0.2, -0.15) is 0 Å². The lowest BCUT2D eigenvalue weighted by molar-refractivity contribution is 0.238. The zero-order chi connectivity index (χ0) is 25.0. The quantitative estimate of drug-likeness (QED) is 0.363. The van der Waals surface area contributed by atoms with E-state index in [1.807, 2.05) is 97.9 Å². The van der Waals surface area contributed by atoms with E-state index in [2.05, 4.69) is 4.57 Å². The van der Waals surface area contributed by atoms with Crippen LogP contribution in [0.15, 0.2) is 94.5 Å². The Morgan fingerprint density at radius 2 is 1.53 bits per heavy atom. The van der Waals surface area contributed by atoms with Gasteiger partial charge in [-0.25, -0.2) is 4.79 Å². The molecule has 0 radical (unpaired) electrons. The van der Waals surface area contributed by atoms with E-state index in [1.165, 1.54) is 11.6 Å². The first-order chi connectivity index (χ1) is 17.5. The molecule has 0 N–H and O–H groups in total. The summed E-state index contributed by atoms with van der Waals surface area (Å²) in [7, 11) is 3.24. The first-order valence-electron chi connectivity index (χ1n) is 11.9. The fraction of sp³-hybridized carbons (Fsp3) is 0.133. The van der Waals surface area contributed by atoms with Crippen molar-refractivity contribution in [3.8, 4) is 22.7 Å². The second kappa shape index (κ2) is 8.27. The molecule has 36 heavy (non-hydrogen) atoms. The predicted molar refractivity (Wildman–Crippen MR) is 143 cm³/mol. The monoisotopic (exact) mass is 475 g/mol. The third-order valence-corrected chi connectivity index (χ3v) is 6.83. The molecule has 6 heteroatoms. The fourth-order valence-corrected chi connectivity index (χ4v) is 5.02. The molecule has 0 spiro atoms. The minimum atomic E-state index is -0.514. The smallest absolute Gasteiger partial charge is 0.331 e. The minimum absolute atomic E-state index is 0.325. The maximum atomic E-state index is 13.7. The van der Waals surface area contributed by atoms with Crippen molar-refractivity contribution < 1.29 is 4.74 Å². The summed E-state index contributed by atoms with van der Waals surface area (Å²) < 4.78 is 11.3. The summed E-state index contributed by atoms with van der Waals surface area (Å²) in [6.45, 7) is 2.03. The zero-order valence-corrected chi connectivity index (χ0v) is 20.3. The number of aromatic nitrogens is 3. The number of hydrogen-bond acceptors (Lipinski definition) is 3. The van der Waals surface area contributed by atoms with Crippen LogP contribution in [0.2, 0.25) is 0 Å². The molecule has 3 heterocycles. The van der Waals surface area contributed by atoms with E-state index in [-0.39, 0.29) is 11.2 Å². The van der Waals surface area contributed by atoms with Gasteiger partial charge in [0.1, 0.15) is 5.75 Å². The van der Waals surface area contributed by atoms with Crippen LogP contribution < -0.4 is 16.0 Å². The molecular formula is C30H25N3O3. The van der Waals surface area contributed by atoms with E-state index in [0.717, 1.165) is 33.8 Å². The summed E-state index contributed by atoms with van der Waals surface area (Å²) >= 11 is 0. The van der Waals surface area contributed by atoms with E-state index in [9.17, 15) is 9.59 Å². The van der Waals surface area contributed by atoms with Crippen molar-refractivity contribution in [2.45, 2.75) is 13.0 Å². The van der Waals surface area contributed by atoms with E-state index >= 15 is 0 Å². The van der Waals surface area contributed by atoms with Crippen molar-refractivity contribution in [2.24, 2.45) is 14.1 Å². The Bertz CT molecular complexity index is 1770. The molecule has 0 aliphatic carbocycles. The van der Waals surface area contributed by atoms with Gasteiger partial charge in [0.25, 0.3) is 5.56 Å². The lowest BCUT2D eigenvalue weighted by atomic mass is 10.1. The van der Waals surface area contributed by atoms with E-state index in [4.69, 9.17) is 4.74 Å². The van der Waals surface area contributed by atoms with Gasteiger partial charge in [0.15, 0.2) is 6.10 Å². The van der Waals surface area contributed by atoms with E-state index < -0.39 is 6.10 Å². The highest BCUT2D eigenvalue weighted by Gasteiger charge is 2.34. The van der Waals surface area contributed by atoms with Crippen molar-refractivity contribution >= 4 is 17.0 Å². The number of aryl methyl sites for hydroxylation is 2. The maximum absolute atomic E-state index is 13.7. The van der Waals surface area contributed by atoms with E-state index in [1.54, 1.807) is 11.6 Å². The first-order valence-corrected chi connectivity index (χ1v) is 11.9. The molecule has 5 aromatic rings. The lowest BCUT2D eigenvalue weighted by Crippen LogP contribution is -2.37. The third kappa shape index (κ3) is 3.26. The van der Waals surface area contributed by atoms with Crippen LogP contribution in [0.3, 0.4) is 0 Å². The molecule has 1 aliphatic rings. The second-order valence-corrected chi connectivity index (χ2v) is 9.14. The number of hydrogen-bond donors (Lipinski definition) is 0. The largest absolute Gasteiger partial charge is 0.478 e. The topological polar surface area (TPSA) is 58.2 Å². The van der Waals surface area contributed by atoms with Gasteiger partial charge in [-0.3, -0.25) is 13.9 Å². The summed E-state index contributed by atoms with van der Waals surface area (Å²) in [6.07, 6.45) is 3.48. The number of ether oxygens (including phenoxy) is 1. The molecule has 0 fully saturated rings. The van der Waals surface area contributed by atoms with Gasteiger partial charge in [0.2, 0.25) is 0 Å². The van der Waals surface area contributed by atoms with Crippen molar-refractivity contribution in [3.63, 3.8) is 0 Å². The molecule has 2 aromatic heterocycles. The minimum Gasteiger partial charge on any atom is -0.478 e. The Kier molecular flexibility index (Phi) is 5.04. The molecule has 0 bridgehead atoms. The molecule has 178 valence electrons. The Morgan fingerprint density at radius 3 is 2.28 bits per heavy atom. The molecule has 0 amide bonds. The van der Waals surface area contributed by atoms with Crippen molar-refractivity contribution in [2.75, 3.05) is 0 Å². The SMILES string of the molecule is Cc1ccc(-c2c3c(=O)n(C)c(=O)n(C)c3c3n2-c2ccccc2OC3C=Cc2ccccc2)cc1. The Hall–Kier alpha value is -4.58. The normalized spacial score (nSPS) is 14.6. The highest BCUT2D eigenvalue weighted by Crippen LogP contribution is 2.45. The predicted octanol–water partition coefficient (Wildman–Crippen LogP) is 5.15. The molecule has 6 nitrogen and oxygen atoms in total. The van der Waals surface area contributed by atoms with Gasteiger partial charge in [-0.05, 0) is 36.3 Å². The van der Waals surface area contributed by atoms with E-state index in [0.29, 0.717) is 16.7 Å². The number of fused-ring (bicyclic) bond motifs is 5. The molecule has 0 saturated heterocycles. The highest BCUT2D eigenvalue weighted by atomic mass is 16.5. The number of benzene rings is 3. The molecular weight excluding hydrogens is 450 g/mol. The van der Waals surface area contributed by atoms with Crippen LogP contribution in [0.25, 0.3) is 33.9 Å². The molecule has 3 aromatic carbocycles. The number of para-hydroxylation sites is 2. The van der Waals surface area contributed by atoms with Crippen LogP contribution >= 0.6 is 0 Å². The Labute approximate surface area is 207 Å². The molecule has 1 atom stereocenters. The third-order valence-electron chi connectivity index (χ3n) is 6.83. The standard InChI is InChI=1S/C30H25N3O3/c1-19-13-16-21(17-14-19)26-25-28(31(2)30(35)32(3)29(25)34)27-24(18-15-20-9-5-4-6-10-20)36-23-12-8-7-11-22(23)33(26)27/h4-18,24H,1-3H3. The Morgan fingerprint density at radius 1 is 0.833 bits per heavy atom. The average Bonchev–Trinajstić information content (AvgIpc) is 3.27. The summed E-state index contributed by atoms with van der Waals surface area (Å²) in [5.74, 6) is 0.711. The summed E-state index contributed by atoms with van der Waals surface area (Å²) in [5, 5.41) is 0.497. The molecule has 1 aliphatic heterocycles. The Balaban J connectivity index is 1.76. The van der Waals surface area contributed by atoms with Crippen molar-refractivity contribution in [1.29, 1.82) is 0 Å². The van der Waals surface area contributed by atoms with Gasteiger partial charge in [-0.1, -0.05) is 78.4 Å². The van der Waals surface area contributed by atoms with Gasteiger partial charge in [-0.15, -0.1) is 0 Å². The maximum Gasteiger partial charge on any atom is 0.331 e. The summed E-state index contributed by atoms with van der Waals surface area (Å²) in [4.78, 5) is 26.7. The first kappa shape index (κ1) is 21.9. The van der Waals surface area contributed by atoms with Crippen LogP contribution in [-0.4, -0.2) is 13.7 Å². The fourth-order valence-electron chi connectivity index (χ4n) is 5.02. The molecule has 0 saturated carbocycles. The highest BCUT2D eigenvalue weighted by molar-refractivity contribution is 5.98. The number of rotatable bonds is 3. The van der Waals surface area contributed by atoms with Crippen LogP contribution in [0, 0.1) is 6.92 Å². The van der Waals surface area contributed by atoms with Gasteiger partial charge in [0.05, 0.1) is 28.0 Å². The van der Waals surface area contributed by atoms with Crippen LogP contribution in [0.1, 0.15) is 22.9 Å². The van der Waals surface area contributed by atoms with Gasteiger partial charge >= 0.3 is 5.69 Å². The summed E-state index contributed by atoms with van der Waals surface area (Å²) in [6, 6.07) is 25.9. The van der Waals surface area contributed by atoms with Gasteiger partial charge < -0.3 is 9.30 Å². The second-order valence-electron chi connectivity index (χ2n) is 9.14. The van der Waals surface area contributed by atoms with Crippen molar-refractivity contribution in [3.05, 3.63) is 123 Å². The average molecular weight is 476 g/mol. The number of nitrogens with zero attached hydrogens (tertiary/aromatic N) is 3. The van der Waals surface area contributed by atoms with Crippen LogP contribution in [0.5, 0.6) is 5.75 Å². The van der Waals surface area contributed by atoms with Crippen LogP contribution in [-0.2, 0) is 14.1 Å². The van der Waals surface area contributed by atoms with Gasteiger partial charge in [0, 0.05) is 14.1 Å². The summed E-state index contributed by atoms with van der Waals surface area (Å²) in [5.41, 5.74) is 5.28.